The topological polar surface area (TPSA) is 75.7 Å². The number of carbonyl (C=O) groups is 3. The molecule has 1 aliphatic rings. The molecular formula is C24H14Cl2F2N2O4. The number of halogens is 4. The molecule has 172 valence electrons. The zero-order chi connectivity index (χ0) is 24.4. The number of hydrogen-bond acceptors (Lipinski definition) is 4. The number of nitrogens with one attached hydrogen (secondary N) is 1. The van der Waals surface area contributed by atoms with Crippen LogP contribution in [0.25, 0.3) is 6.08 Å². The molecule has 0 spiro atoms. The van der Waals surface area contributed by atoms with Gasteiger partial charge in [0.25, 0.3) is 11.8 Å². The summed E-state index contributed by atoms with van der Waals surface area (Å²) in [5.41, 5.74) is 0.294. The zero-order valence-electron chi connectivity index (χ0n) is 17.2. The standard InChI is InChI=1S/C24H14Cl2F2N2O4/c25-18-10-13(11-19(26)21(18)34-12-14-3-1-2-4-20(14)28)9-17-22(31)29-24(33)30(23(17)32)16-7-5-15(27)6-8-16/h1-11H,12H2,(H,29,31,33)/b17-9+. The van der Waals surface area contributed by atoms with E-state index in [1.54, 1.807) is 18.2 Å². The fraction of sp³-hybridized carbons (Fsp3) is 0.0417. The summed E-state index contributed by atoms with van der Waals surface area (Å²) in [5.74, 6) is -2.73. The molecule has 4 amide bonds. The molecule has 1 N–H and O–H groups in total. The molecule has 0 bridgehead atoms. The minimum Gasteiger partial charge on any atom is -0.486 e. The van der Waals surface area contributed by atoms with E-state index in [1.807, 2.05) is 0 Å². The van der Waals surface area contributed by atoms with Crippen molar-refractivity contribution < 1.29 is 27.9 Å². The molecule has 3 aromatic rings. The third-order valence-electron chi connectivity index (χ3n) is 4.85. The summed E-state index contributed by atoms with van der Waals surface area (Å²) in [5, 5.41) is 2.19. The van der Waals surface area contributed by atoms with E-state index >= 15 is 0 Å². The van der Waals surface area contributed by atoms with Gasteiger partial charge in [-0.25, -0.2) is 18.5 Å². The number of rotatable bonds is 5. The van der Waals surface area contributed by atoms with Crippen LogP contribution in [0.15, 0.2) is 66.2 Å². The highest BCUT2D eigenvalue weighted by Crippen LogP contribution is 2.36. The molecule has 0 saturated carbocycles. The van der Waals surface area contributed by atoms with E-state index in [1.165, 1.54) is 36.4 Å². The lowest BCUT2D eigenvalue weighted by molar-refractivity contribution is -0.122. The van der Waals surface area contributed by atoms with E-state index in [9.17, 15) is 23.2 Å². The van der Waals surface area contributed by atoms with E-state index in [2.05, 4.69) is 5.32 Å². The van der Waals surface area contributed by atoms with Crippen LogP contribution >= 0.6 is 23.2 Å². The zero-order valence-corrected chi connectivity index (χ0v) is 18.7. The molecule has 3 aromatic carbocycles. The number of imide groups is 2. The van der Waals surface area contributed by atoms with Crippen LogP contribution in [0.1, 0.15) is 11.1 Å². The normalized spacial score (nSPS) is 15.0. The third-order valence-corrected chi connectivity index (χ3v) is 5.41. The summed E-state index contributed by atoms with van der Waals surface area (Å²) >= 11 is 12.6. The molecular weight excluding hydrogens is 489 g/mol. The summed E-state index contributed by atoms with van der Waals surface area (Å²) in [6.45, 7) is -0.123. The van der Waals surface area contributed by atoms with Crippen molar-refractivity contribution in [2.75, 3.05) is 4.90 Å². The summed E-state index contributed by atoms with van der Waals surface area (Å²) in [7, 11) is 0. The van der Waals surface area contributed by atoms with Crippen LogP contribution in [0, 0.1) is 11.6 Å². The lowest BCUT2D eigenvalue weighted by atomic mass is 10.1. The van der Waals surface area contributed by atoms with Crippen LogP contribution in [0.2, 0.25) is 10.0 Å². The smallest absolute Gasteiger partial charge is 0.335 e. The molecule has 0 radical (unpaired) electrons. The number of urea groups is 1. The van der Waals surface area contributed by atoms with Crippen molar-refractivity contribution in [3.8, 4) is 5.75 Å². The average molecular weight is 503 g/mol. The van der Waals surface area contributed by atoms with Crippen molar-refractivity contribution in [1.29, 1.82) is 0 Å². The Morgan fingerprint density at radius 2 is 1.59 bits per heavy atom. The van der Waals surface area contributed by atoms with Crippen molar-refractivity contribution in [1.82, 2.24) is 5.32 Å². The maximum absolute atomic E-state index is 13.8. The van der Waals surface area contributed by atoms with E-state index < -0.39 is 29.5 Å². The minimum atomic E-state index is -0.966. The van der Waals surface area contributed by atoms with Crippen molar-refractivity contribution in [2.24, 2.45) is 0 Å². The number of nitrogens with zero attached hydrogens (tertiary/aromatic N) is 1. The van der Waals surface area contributed by atoms with Crippen LogP contribution in [0.4, 0.5) is 19.3 Å². The number of amides is 4. The van der Waals surface area contributed by atoms with Crippen molar-refractivity contribution in [2.45, 2.75) is 6.61 Å². The van der Waals surface area contributed by atoms with Crippen LogP contribution in [0.5, 0.6) is 5.75 Å². The predicted octanol–water partition coefficient (Wildman–Crippen LogP) is 5.52. The average Bonchev–Trinajstić information content (AvgIpc) is 2.78. The molecule has 0 aliphatic carbocycles. The Labute approximate surface area is 202 Å². The molecule has 1 aliphatic heterocycles. The Bertz CT molecular complexity index is 1320. The molecule has 1 heterocycles. The van der Waals surface area contributed by atoms with Gasteiger partial charge in [0.15, 0.2) is 5.75 Å². The fourth-order valence-electron chi connectivity index (χ4n) is 3.21. The fourth-order valence-corrected chi connectivity index (χ4v) is 3.83. The molecule has 1 saturated heterocycles. The van der Waals surface area contributed by atoms with Gasteiger partial charge in [-0.1, -0.05) is 41.4 Å². The van der Waals surface area contributed by atoms with Gasteiger partial charge in [-0.15, -0.1) is 0 Å². The first-order valence-electron chi connectivity index (χ1n) is 9.77. The Hall–Kier alpha value is -3.75. The number of anilines is 1. The second-order valence-corrected chi connectivity index (χ2v) is 7.94. The van der Waals surface area contributed by atoms with Crippen molar-refractivity contribution >= 4 is 52.8 Å². The van der Waals surface area contributed by atoms with E-state index in [0.29, 0.717) is 10.5 Å². The van der Waals surface area contributed by atoms with E-state index in [0.717, 1.165) is 12.1 Å². The Morgan fingerprint density at radius 1 is 0.941 bits per heavy atom. The first-order valence-corrected chi connectivity index (χ1v) is 10.5. The van der Waals surface area contributed by atoms with Gasteiger partial charge in [0.1, 0.15) is 23.8 Å². The number of hydrogen-bond donors (Lipinski definition) is 1. The molecule has 4 rings (SSSR count). The van der Waals surface area contributed by atoms with Gasteiger partial charge >= 0.3 is 6.03 Å². The van der Waals surface area contributed by atoms with Gasteiger partial charge in [-0.3, -0.25) is 14.9 Å². The quantitative estimate of drug-likeness (QED) is 0.368. The SMILES string of the molecule is O=C1NC(=O)N(c2ccc(F)cc2)C(=O)/C1=C/c1cc(Cl)c(OCc2ccccc2F)c(Cl)c1. The molecule has 6 nitrogen and oxygen atoms in total. The number of ether oxygens (including phenoxy) is 1. The highest BCUT2D eigenvalue weighted by atomic mass is 35.5. The molecule has 10 heteroatoms. The highest BCUT2D eigenvalue weighted by Gasteiger charge is 2.36. The summed E-state index contributed by atoms with van der Waals surface area (Å²) in [6.07, 6.45) is 1.21. The largest absolute Gasteiger partial charge is 0.486 e. The monoisotopic (exact) mass is 502 g/mol. The maximum Gasteiger partial charge on any atom is 0.335 e. The van der Waals surface area contributed by atoms with E-state index in [4.69, 9.17) is 27.9 Å². The molecule has 0 unspecified atom stereocenters. The van der Waals surface area contributed by atoms with Crippen molar-refractivity contribution in [3.63, 3.8) is 0 Å². The maximum atomic E-state index is 13.8. The summed E-state index contributed by atoms with van der Waals surface area (Å²) in [6, 6.07) is 12.5. The molecule has 34 heavy (non-hydrogen) atoms. The van der Waals surface area contributed by atoms with Gasteiger partial charge in [-0.2, -0.15) is 0 Å². The summed E-state index contributed by atoms with van der Waals surface area (Å²) in [4.78, 5) is 38.2. The first-order chi connectivity index (χ1) is 16.2. The lowest BCUT2D eigenvalue weighted by Crippen LogP contribution is -2.54. The first kappa shape index (κ1) is 23.4. The Balaban J connectivity index is 1.61. The van der Waals surface area contributed by atoms with Crippen LogP contribution in [-0.2, 0) is 16.2 Å². The molecule has 0 aromatic heterocycles. The van der Waals surface area contributed by atoms with Gasteiger partial charge < -0.3 is 4.74 Å². The second-order valence-electron chi connectivity index (χ2n) is 7.13. The van der Waals surface area contributed by atoms with Gasteiger partial charge in [-0.05, 0) is 54.1 Å². The van der Waals surface area contributed by atoms with Gasteiger partial charge in [0, 0.05) is 5.56 Å². The third kappa shape index (κ3) is 4.78. The van der Waals surface area contributed by atoms with Gasteiger partial charge in [0.2, 0.25) is 0 Å². The van der Waals surface area contributed by atoms with Gasteiger partial charge in [0.05, 0.1) is 15.7 Å². The highest BCUT2D eigenvalue weighted by molar-refractivity contribution is 6.40. The number of carbonyl (C=O) groups excluding carboxylic acids is 3. The van der Waals surface area contributed by atoms with Crippen LogP contribution < -0.4 is 15.0 Å². The molecule has 1 fully saturated rings. The lowest BCUT2D eigenvalue weighted by Gasteiger charge is -2.26. The Morgan fingerprint density at radius 3 is 2.24 bits per heavy atom. The molecule has 0 atom stereocenters. The predicted molar refractivity (Wildman–Crippen MR) is 123 cm³/mol. The summed E-state index contributed by atoms with van der Waals surface area (Å²) < 4.78 is 32.6. The van der Waals surface area contributed by atoms with Crippen molar-refractivity contribution in [3.05, 3.63) is 99.0 Å². The number of barbiturate groups is 1. The minimum absolute atomic E-state index is 0.0609. The van der Waals surface area contributed by atoms with E-state index in [-0.39, 0.29) is 39.2 Å². The van der Waals surface area contributed by atoms with Crippen LogP contribution in [-0.4, -0.2) is 17.8 Å². The number of benzene rings is 3. The second kappa shape index (κ2) is 9.62. The van der Waals surface area contributed by atoms with Crippen LogP contribution in [0.3, 0.4) is 0 Å². The Kier molecular flexibility index (Phi) is 6.63.